The number of likely N-dealkylation sites (N-methyl/N-ethyl adjacent to an activating group) is 2. The highest BCUT2D eigenvalue weighted by molar-refractivity contribution is 7.10. The molecule has 0 aromatic carbocycles. The molecule has 1 N–H and O–H groups in total. The molecule has 1 atom stereocenters. The number of rotatable bonds is 6. The first-order valence-corrected chi connectivity index (χ1v) is 6.08. The molecule has 1 heterocycles. The van der Waals surface area contributed by atoms with Crippen LogP contribution in [0.3, 0.4) is 0 Å². The molecule has 84 valence electrons. The largest absolute Gasteiger partial charge is 0.316 e. The van der Waals surface area contributed by atoms with Crippen LogP contribution in [0, 0.1) is 0 Å². The van der Waals surface area contributed by atoms with Gasteiger partial charge in [-0.05, 0) is 38.0 Å². The zero-order chi connectivity index (χ0) is 11.3. The van der Waals surface area contributed by atoms with Crippen molar-refractivity contribution in [1.82, 2.24) is 10.2 Å². The van der Waals surface area contributed by atoms with Gasteiger partial charge in [-0.15, -0.1) is 11.3 Å². The van der Waals surface area contributed by atoms with E-state index in [1.165, 1.54) is 10.5 Å². The molecule has 3 heteroatoms. The van der Waals surface area contributed by atoms with Crippen LogP contribution in [0.25, 0.3) is 0 Å². The Morgan fingerprint density at radius 3 is 2.93 bits per heavy atom. The van der Waals surface area contributed by atoms with E-state index < -0.39 is 0 Å². The van der Waals surface area contributed by atoms with Gasteiger partial charge in [-0.2, -0.15) is 0 Å². The minimum Gasteiger partial charge on any atom is -0.316 e. The molecule has 0 spiro atoms. The maximum atomic E-state index is 4.05. The van der Waals surface area contributed by atoms with E-state index in [9.17, 15) is 0 Å². The van der Waals surface area contributed by atoms with Crippen molar-refractivity contribution in [3.05, 3.63) is 34.5 Å². The first kappa shape index (κ1) is 12.4. The van der Waals surface area contributed by atoms with Crippen LogP contribution in [0.2, 0.25) is 0 Å². The lowest BCUT2D eigenvalue weighted by Crippen LogP contribution is -2.26. The highest BCUT2D eigenvalue weighted by Gasteiger charge is 2.12. The third kappa shape index (κ3) is 3.78. The summed E-state index contributed by atoms with van der Waals surface area (Å²) in [5.41, 5.74) is 1.23. The molecule has 0 saturated heterocycles. The van der Waals surface area contributed by atoms with Crippen LogP contribution in [0.4, 0.5) is 0 Å². The van der Waals surface area contributed by atoms with Gasteiger partial charge in [0.05, 0.1) is 0 Å². The molecular formula is C12H20N2S. The maximum Gasteiger partial charge on any atom is 0.0413 e. The second-order valence-electron chi connectivity index (χ2n) is 3.89. The normalized spacial score (nSPS) is 13.1. The van der Waals surface area contributed by atoms with E-state index >= 15 is 0 Å². The standard InChI is InChI=1S/C12H20N2S/c1-10(8-13-3)9-14(4)11(2)12-6-5-7-15-12/h5-7,11,13H,1,8-9H2,2-4H3. The third-order valence-electron chi connectivity index (χ3n) is 2.52. The zero-order valence-electron chi connectivity index (χ0n) is 9.79. The van der Waals surface area contributed by atoms with Gasteiger partial charge < -0.3 is 5.32 Å². The van der Waals surface area contributed by atoms with Gasteiger partial charge in [0.1, 0.15) is 0 Å². The zero-order valence-corrected chi connectivity index (χ0v) is 10.6. The Balaban J connectivity index is 2.46. The molecule has 0 aliphatic heterocycles. The predicted molar refractivity (Wildman–Crippen MR) is 68.4 cm³/mol. The monoisotopic (exact) mass is 224 g/mol. The first-order valence-electron chi connectivity index (χ1n) is 5.20. The van der Waals surface area contributed by atoms with Crippen molar-refractivity contribution < 1.29 is 0 Å². The van der Waals surface area contributed by atoms with Crippen LogP contribution in [0.1, 0.15) is 17.8 Å². The summed E-state index contributed by atoms with van der Waals surface area (Å²) in [6, 6.07) is 4.76. The molecule has 1 aromatic heterocycles. The Hall–Kier alpha value is -0.640. The third-order valence-corrected chi connectivity index (χ3v) is 3.56. The Morgan fingerprint density at radius 1 is 1.67 bits per heavy atom. The van der Waals surface area contributed by atoms with Gasteiger partial charge in [-0.25, -0.2) is 0 Å². The molecule has 0 fully saturated rings. The molecule has 1 rings (SSSR count). The van der Waals surface area contributed by atoms with Gasteiger partial charge in [-0.3, -0.25) is 4.90 Å². The molecule has 0 amide bonds. The molecule has 0 aliphatic rings. The van der Waals surface area contributed by atoms with Crippen molar-refractivity contribution in [2.24, 2.45) is 0 Å². The molecule has 0 aliphatic carbocycles. The molecule has 0 bridgehead atoms. The number of thiophene rings is 1. The van der Waals surface area contributed by atoms with E-state index in [1.54, 1.807) is 0 Å². The summed E-state index contributed by atoms with van der Waals surface area (Å²) in [6.45, 7) is 8.12. The van der Waals surface area contributed by atoms with Crippen molar-refractivity contribution in [3.8, 4) is 0 Å². The van der Waals surface area contributed by atoms with Crippen molar-refractivity contribution in [2.75, 3.05) is 27.2 Å². The van der Waals surface area contributed by atoms with Crippen LogP contribution in [0.5, 0.6) is 0 Å². The Morgan fingerprint density at radius 2 is 2.40 bits per heavy atom. The van der Waals surface area contributed by atoms with Crippen LogP contribution < -0.4 is 5.32 Å². The Bertz CT molecular complexity index is 293. The van der Waals surface area contributed by atoms with E-state index in [0.717, 1.165) is 13.1 Å². The van der Waals surface area contributed by atoms with Crippen molar-refractivity contribution in [3.63, 3.8) is 0 Å². The molecular weight excluding hydrogens is 204 g/mol. The lowest BCUT2D eigenvalue weighted by Gasteiger charge is -2.24. The van der Waals surface area contributed by atoms with Crippen LogP contribution in [0.15, 0.2) is 29.7 Å². The summed E-state index contributed by atoms with van der Waals surface area (Å²) in [4.78, 5) is 3.74. The predicted octanol–water partition coefficient (Wildman–Crippen LogP) is 2.52. The Kier molecular flexibility index (Phi) is 5.02. The van der Waals surface area contributed by atoms with Gasteiger partial charge in [-0.1, -0.05) is 12.6 Å². The highest BCUT2D eigenvalue weighted by Crippen LogP contribution is 2.23. The molecule has 1 unspecified atom stereocenters. The van der Waals surface area contributed by atoms with E-state index in [4.69, 9.17) is 0 Å². The average molecular weight is 224 g/mol. The molecule has 1 aromatic rings. The molecule has 2 nitrogen and oxygen atoms in total. The topological polar surface area (TPSA) is 15.3 Å². The lowest BCUT2D eigenvalue weighted by atomic mass is 10.2. The van der Waals surface area contributed by atoms with Crippen LogP contribution >= 0.6 is 11.3 Å². The summed E-state index contributed by atoms with van der Waals surface area (Å²) >= 11 is 1.81. The summed E-state index contributed by atoms with van der Waals surface area (Å²) in [5.74, 6) is 0. The van der Waals surface area contributed by atoms with E-state index in [2.05, 4.69) is 48.3 Å². The second kappa shape index (κ2) is 6.05. The fraction of sp³-hybridized carbons (Fsp3) is 0.500. The minimum absolute atomic E-state index is 0.471. The number of hydrogen-bond donors (Lipinski definition) is 1. The number of hydrogen-bond acceptors (Lipinski definition) is 3. The lowest BCUT2D eigenvalue weighted by molar-refractivity contribution is 0.286. The summed E-state index contributed by atoms with van der Waals surface area (Å²) < 4.78 is 0. The average Bonchev–Trinajstić information content (AvgIpc) is 2.69. The fourth-order valence-electron chi connectivity index (χ4n) is 1.54. The maximum absolute atomic E-state index is 4.05. The van der Waals surface area contributed by atoms with E-state index in [-0.39, 0.29) is 0 Å². The molecule has 0 radical (unpaired) electrons. The molecule has 0 saturated carbocycles. The number of nitrogens with zero attached hydrogens (tertiary/aromatic N) is 1. The summed E-state index contributed by atoms with van der Waals surface area (Å²) in [5, 5.41) is 5.25. The van der Waals surface area contributed by atoms with Crippen molar-refractivity contribution in [1.29, 1.82) is 0 Å². The van der Waals surface area contributed by atoms with Gasteiger partial charge in [0, 0.05) is 24.0 Å². The quantitative estimate of drug-likeness (QED) is 0.747. The SMILES string of the molecule is C=C(CNC)CN(C)C(C)c1cccs1. The van der Waals surface area contributed by atoms with Crippen LogP contribution in [-0.2, 0) is 0 Å². The smallest absolute Gasteiger partial charge is 0.0413 e. The highest BCUT2D eigenvalue weighted by atomic mass is 32.1. The van der Waals surface area contributed by atoms with Gasteiger partial charge >= 0.3 is 0 Å². The van der Waals surface area contributed by atoms with E-state index in [1.807, 2.05) is 18.4 Å². The van der Waals surface area contributed by atoms with E-state index in [0.29, 0.717) is 6.04 Å². The Labute approximate surface area is 96.6 Å². The first-order chi connectivity index (χ1) is 7.15. The van der Waals surface area contributed by atoms with Gasteiger partial charge in [0.2, 0.25) is 0 Å². The van der Waals surface area contributed by atoms with Crippen LogP contribution in [-0.4, -0.2) is 32.1 Å². The number of nitrogens with one attached hydrogen (secondary N) is 1. The minimum atomic E-state index is 0.471. The van der Waals surface area contributed by atoms with Crippen molar-refractivity contribution in [2.45, 2.75) is 13.0 Å². The molecule has 15 heavy (non-hydrogen) atoms. The summed E-state index contributed by atoms with van der Waals surface area (Å²) in [6.07, 6.45) is 0. The van der Waals surface area contributed by atoms with Crippen molar-refractivity contribution >= 4 is 11.3 Å². The van der Waals surface area contributed by atoms with Gasteiger partial charge in [0.15, 0.2) is 0 Å². The summed E-state index contributed by atoms with van der Waals surface area (Å²) in [7, 11) is 4.10. The van der Waals surface area contributed by atoms with Gasteiger partial charge in [0.25, 0.3) is 0 Å². The second-order valence-corrected chi connectivity index (χ2v) is 4.87. The fourth-order valence-corrected chi connectivity index (χ4v) is 2.39.